The molecule has 0 atom stereocenters. The van der Waals surface area contributed by atoms with Crippen molar-refractivity contribution in [3.63, 3.8) is 0 Å². The van der Waals surface area contributed by atoms with Crippen molar-refractivity contribution in [1.82, 2.24) is 4.72 Å². The average molecular weight is 230 g/mol. The number of alkyl halides is 1. The third-order valence-corrected chi connectivity index (χ3v) is 4.60. The molecule has 6 heteroatoms. The van der Waals surface area contributed by atoms with E-state index >= 15 is 0 Å². The molecule has 0 aromatic rings. The minimum absolute atomic E-state index is 0.106. The lowest BCUT2D eigenvalue weighted by atomic mass is 10.2. The van der Waals surface area contributed by atoms with E-state index in [1.54, 1.807) is 0 Å². The van der Waals surface area contributed by atoms with E-state index in [4.69, 9.17) is 11.6 Å². The quantitative estimate of drug-likeness (QED) is 0.735. The molecule has 0 aromatic carbocycles. The van der Waals surface area contributed by atoms with Gasteiger partial charge in [-0.3, -0.25) is 0 Å². The number of halogens is 1. The third-order valence-electron chi connectivity index (χ3n) is 1.71. The Labute approximate surface area is 82.3 Å². The maximum absolute atomic E-state index is 11.0. The van der Waals surface area contributed by atoms with Crippen LogP contribution in [0.4, 0.5) is 0 Å². The van der Waals surface area contributed by atoms with Gasteiger partial charge >= 0.3 is 0 Å². The van der Waals surface area contributed by atoms with E-state index in [2.05, 4.69) is 4.72 Å². The number of hydrogen-bond acceptors (Lipinski definition) is 3. The van der Waals surface area contributed by atoms with Crippen LogP contribution in [-0.4, -0.2) is 31.2 Å². The van der Waals surface area contributed by atoms with E-state index < -0.39 is 10.0 Å². The first-order valence-electron chi connectivity index (χ1n) is 3.78. The van der Waals surface area contributed by atoms with Gasteiger partial charge in [-0.15, -0.1) is 11.6 Å². The maximum Gasteiger partial charge on any atom is 0.225 e. The molecule has 0 saturated carbocycles. The van der Waals surface area contributed by atoms with Crippen molar-refractivity contribution in [3.8, 4) is 0 Å². The summed E-state index contributed by atoms with van der Waals surface area (Å²) < 4.78 is 24.6. The van der Waals surface area contributed by atoms with Crippen LogP contribution in [0, 0.1) is 0 Å². The minimum Gasteiger partial charge on any atom is -0.211 e. The van der Waals surface area contributed by atoms with E-state index in [0.717, 1.165) is 24.3 Å². The highest BCUT2D eigenvalue weighted by Gasteiger charge is 2.18. The molecule has 12 heavy (non-hydrogen) atoms. The fraction of sp³-hybridized carbons (Fsp3) is 1.00. The van der Waals surface area contributed by atoms with Gasteiger partial charge in [0.2, 0.25) is 10.0 Å². The second-order valence-corrected chi connectivity index (χ2v) is 6.29. The summed E-state index contributed by atoms with van der Waals surface area (Å²) in [6, 6.07) is 0.106. The van der Waals surface area contributed by atoms with E-state index in [9.17, 15) is 8.42 Å². The zero-order chi connectivity index (χ0) is 9.03. The Bertz CT molecular complexity index is 224. The van der Waals surface area contributed by atoms with Crippen molar-refractivity contribution < 1.29 is 8.42 Å². The Balaban J connectivity index is 2.39. The molecule has 0 unspecified atom stereocenters. The smallest absolute Gasteiger partial charge is 0.211 e. The van der Waals surface area contributed by atoms with Crippen LogP contribution in [0.2, 0.25) is 0 Å². The SMILES string of the molecule is O=S(=O)(CCl)NC1CCSCC1. The Morgan fingerprint density at radius 1 is 1.42 bits per heavy atom. The van der Waals surface area contributed by atoms with Gasteiger partial charge in [0.05, 0.1) is 0 Å². The van der Waals surface area contributed by atoms with Crippen molar-refractivity contribution in [1.29, 1.82) is 0 Å². The van der Waals surface area contributed by atoms with Crippen LogP contribution < -0.4 is 4.72 Å². The Morgan fingerprint density at radius 3 is 2.50 bits per heavy atom. The molecule has 1 aliphatic heterocycles. The predicted molar refractivity (Wildman–Crippen MR) is 53.1 cm³/mol. The van der Waals surface area contributed by atoms with Crippen molar-refractivity contribution >= 4 is 33.4 Å². The average Bonchev–Trinajstić information content (AvgIpc) is 2.06. The summed E-state index contributed by atoms with van der Waals surface area (Å²) in [6.45, 7) is 0. The molecule has 0 spiro atoms. The number of nitrogens with one attached hydrogen (secondary N) is 1. The van der Waals surface area contributed by atoms with Gasteiger partial charge in [0, 0.05) is 6.04 Å². The van der Waals surface area contributed by atoms with Gasteiger partial charge < -0.3 is 0 Å². The molecule has 1 rings (SSSR count). The summed E-state index contributed by atoms with van der Waals surface area (Å²) in [5.41, 5.74) is 0. The van der Waals surface area contributed by atoms with Gasteiger partial charge in [-0.25, -0.2) is 13.1 Å². The highest BCUT2D eigenvalue weighted by Crippen LogP contribution is 2.17. The zero-order valence-electron chi connectivity index (χ0n) is 6.62. The third kappa shape index (κ3) is 3.51. The van der Waals surface area contributed by atoms with Crippen LogP contribution in [0.25, 0.3) is 0 Å². The topological polar surface area (TPSA) is 46.2 Å². The summed E-state index contributed by atoms with van der Waals surface area (Å²) in [6.07, 6.45) is 1.83. The lowest BCUT2D eigenvalue weighted by Crippen LogP contribution is -2.37. The van der Waals surface area contributed by atoms with Crippen LogP contribution in [0.1, 0.15) is 12.8 Å². The van der Waals surface area contributed by atoms with Crippen LogP contribution >= 0.6 is 23.4 Å². The summed E-state index contributed by atoms with van der Waals surface area (Å²) in [4.78, 5) is 0. The number of sulfonamides is 1. The van der Waals surface area contributed by atoms with Crippen molar-refractivity contribution in [2.45, 2.75) is 18.9 Å². The summed E-state index contributed by atoms with van der Waals surface area (Å²) in [5, 5.41) is -0.337. The van der Waals surface area contributed by atoms with E-state index in [0.29, 0.717) is 0 Å². The molecule has 3 nitrogen and oxygen atoms in total. The van der Waals surface area contributed by atoms with Crippen LogP contribution in [-0.2, 0) is 10.0 Å². The molecule has 0 aromatic heterocycles. The fourth-order valence-electron chi connectivity index (χ4n) is 1.10. The molecule has 1 saturated heterocycles. The fourth-order valence-corrected chi connectivity index (χ4v) is 3.20. The second kappa shape index (κ2) is 4.69. The molecular formula is C6H12ClNO2S2. The zero-order valence-corrected chi connectivity index (χ0v) is 9.01. The van der Waals surface area contributed by atoms with E-state index in [1.165, 1.54) is 0 Å². The van der Waals surface area contributed by atoms with Gasteiger partial charge in [-0.05, 0) is 24.3 Å². The normalized spacial score (nSPS) is 21.1. The molecule has 0 aliphatic carbocycles. The van der Waals surface area contributed by atoms with Gasteiger partial charge in [-0.1, -0.05) is 0 Å². The first-order valence-corrected chi connectivity index (χ1v) is 7.12. The van der Waals surface area contributed by atoms with E-state index in [1.807, 2.05) is 11.8 Å². The molecule has 1 N–H and O–H groups in total. The molecule has 1 heterocycles. The molecule has 1 aliphatic rings. The van der Waals surface area contributed by atoms with Gasteiger partial charge in [0.25, 0.3) is 0 Å². The number of hydrogen-bond donors (Lipinski definition) is 1. The molecule has 72 valence electrons. The Morgan fingerprint density at radius 2 is 2.00 bits per heavy atom. The first-order chi connectivity index (χ1) is 5.64. The van der Waals surface area contributed by atoms with Gasteiger partial charge in [0.1, 0.15) is 5.21 Å². The van der Waals surface area contributed by atoms with E-state index in [-0.39, 0.29) is 11.3 Å². The Hall–Kier alpha value is 0.550. The van der Waals surface area contributed by atoms with Crippen molar-refractivity contribution in [2.24, 2.45) is 0 Å². The van der Waals surface area contributed by atoms with Crippen LogP contribution in [0.15, 0.2) is 0 Å². The largest absolute Gasteiger partial charge is 0.225 e. The van der Waals surface area contributed by atoms with Crippen molar-refractivity contribution in [2.75, 3.05) is 16.7 Å². The second-order valence-electron chi connectivity index (χ2n) is 2.73. The maximum atomic E-state index is 11.0. The van der Waals surface area contributed by atoms with Crippen molar-refractivity contribution in [3.05, 3.63) is 0 Å². The Kier molecular flexibility index (Phi) is 4.16. The summed E-state index contributed by atoms with van der Waals surface area (Å²) in [5.74, 6) is 2.07. The highest BCUT2D eigenvalue weighted by molar-refractivity contribution is 7.99. The number of rotatable bonds is 3. The lowest BCUT2D eigenvalue weighted by Gasteiger charge is -2.21. The highest BCUT2D eigenvalue weighted by atomic mass is 35.5. The predicted octanol–water partition coefficient (Wildman–Crippen LogP) is 0.998. The van der Waals surface area contributed by atoms with Gasteiger partial charge in [-0.2, -0.15) is 11.8 Å². The minimum atomic E-state index is -3.21. The summed E-state index contributed by atoms with van der Waals surface area (Å²) in [7, 11) is -3.21. The number of thioether (sulfide) groups is 1. The summed E-state index contributed by atoms with van der Waals surface area (Å²) >= 11 is 7.12. The lowest BCUT2D eigenvalue weighted by molar-refractivity contribution is 0.532. The first kappa shape index (κ1) is 10.6. The van der Waals surface area contributed by atoms with Crippen LogP contribution in [0.5, 0.6) is 0 Å². The van der Waals surface area contributed by atoms with Crippen LogP contribution in [0.3, 0.4) is 0 Å². The molecule has 1 fully saturated rings. The monoisotopic (exact) mass is 229 g/mol. The molecule has 0 bridgehead atoms. The van der Waals surface area contributed by atoms with Gasteiger partial charge in [0.15, 0.2) is 0 Å². The standard InChI is InChI=1S/C6H12ClNO2S2/c7-5-12(9,10)8-6-1-3-11-4-2-6/h6,8H,1-5H2. The molecular weight excluding hydrogens is 218 g/mol. The molecule has 0 radical (unpaired) electrons. The molecule has 0 amide bonds.